The molecule has 1 saturated carbocycles. The normalized spacial score (nSPS) is 33.4. The first-order valence-electron chi connectivity index (χ1n) is 6.28. The van der Waals surface area contributed by atoms with E-state index in [1.807, 2.05) is 13.8 Å². The van der Waals surface area contributed by atoms with Crippen LogP contribution in [-0.2, 0) is 0 Å². The van der Waals surface area contributed by atoms with Gasteiger partial charge < -0.3 is 10.2 Å². The third kappa shape index (κ3) is 3.25. The van der Waals surface area contributed by atoms with Gasteiger partial charge in [0, 0.05) is 25.2 Å². The summed E-state index contributed by atoms with van der Waals surface area (Å²) in [6, 6.07) is 1.50. The van der Waals surface area contributed by atoms with Gasteiger partial charge in [0.2, 0.25) is 0 Å². The molecular formula is C12H26N2. The quantitative estimate of drug-likeness (QED) is 0.731. The Morgan fingerprint density at radius 1 is 1.21 bits per heavy atom. The molecule has 2 nitrogen and oxygen atoms in total. The third-order valence-electron chi connectivity index (χ3n) is 3.12. The molecule has 14 heavy (non-hydrogen) atoms. The molecule has 2 rings (SSSR count). The molecule has 84 valence electrons. The summed E-state index contributed by atoms with van der Waals surface area (Å²) in [5.74, 6) is 1.00. The maximum atomic E-state index is 3.70. The molecule has 2 fully saturated rings. The topological polar surface area (TPSA) is 15.3 Å². The first-order valence-corrected chi connectivity index (χ1v) is 6.28. The smallest absolute Gasteiger partial charge is 0.0226 e. The Morgan fingerprint density at radius 3 is 2.36 bits per heavy atom. The maximum Gasteiger partial charge on any atom is 0.0226 e. The van der Waals surface area contributed by atoms with Crippen LogP contribution in [0, 0.1) is 5.92 Å². The molecule has 0 radical (unpaired) electrons. The Bertz CT molecular complexity index is 154. The van der Waals surface area contributed by atoms with E-state index in [2.05, 4.69) is 24.1 Å². The van der Waals surface area contributed by atoms with Crippen molar-refractivity contribution in [3.05, 3.63) is 0 Å². The second-order valence-corrected chi connectivity index (χ2v) is 4.36. The SMILES string of the molecule is CC.CCN1CC(C)NC(C2CC2)C1. The number of nitrogens with zero attached hydrogens (tertiary/aromatic N) is 1. The van der Waals surface area contributed by atoms with Gasteiger partial charge in [-0.3, -0.25) is 0 Å². The molecule has 0 bridgehead atoms. The van der Waals surface area contributed by atoms with Gasteiger partial charge in [-0.05, 0) is 32.2 Å². The average Bonchev–Trinajstić information content (AvgIpc) is 3.03. The van der Waals surface area contributed by atoms with Gasteiger partial charge in [0.05, 0.1) is 0 Å². The Balaban J connectivity index is 0.000000461. The monoisotopic (exact) mass is 198 g/mol. The first-order chi connectivity index (χ1) is 6.79. The van der Waals surface area contributed by atoms with Gasteiger partial charge in [-0.15, -0.1) is 0 Å². The van der Waals surface area contributed by atoms with Crippen molar-refractivity contribution in [1.29, 1.82) is 0 Å². The van der Waals surface area contributed by atoms with Crippen molar-refractivity contribution < 1.29 is 0 Å². The minimum atomic E-state index is 0.698. The minimum Gasteiger partial charge on any atom is -0.309 e. The molecule has 2 heteroatoms. The Kier molecular flexibility index (Phi) is 4.90. The fraction of sp³-hybridized carbons (Fsp3) is 1.00. The molecule has 0 spiro atoms. The van der Waals surface area contributed by atoms with Gasteiger partial charge in [-0.25, -0.2) is 0 Å². The van der Waals surface area contributed by atoms with E-state index in [0.717, 1.165) is 12.0 Å². The van der Waals surface area contributed by atoms with Crippen LogP contribution in [-0.4, -0.2) is 36.6 Å². The Labute approximate surface area is 89.1 Å². The molecule has 1 aliphatic heterocycles. The van der Waals surface area contributed by atoms with Gasteiger partial charge in [0.25, 0.3) is 0 Å². The molecule has 1 saturated heterocycles. The molecule has 0 aromatic rings. The van der Waals surface area contributed by atoms with Crippen LogP contribution in [0.4, 0.5) is 0 Å². The van der Waals surface area contributed by atoms with Crippen molar-refractivity contribution in [2.75, 3.05) is 19.6 Å². The highest BCUT2D eigenvalue weighted by molar-refractivity contribution is 4.93. The van der Waals surface area contributed by atoms with E-state index in [1.165, 1.54) is 32.5 Å². The number of piperazine rings is 1. The lowest BCUT2D eigenvalue weighted by Gasteiger charge is -2.37. The predicted molar refractivity (Wildman–Crippen MR) is 62.6 cm³/mol. The standard InChI is InChI=1S/C10H20N2.C2H6/c1-3-12-6-8(2)11-10(7-12)9-4-5-9;1-2/h8-11H,3-7H2,1-2H3;1-2H3. The van der Waals surface area contributed by atoms with E-state index in [4.69, 9.17) is 0 Å². The summed E-state index contributed by atoms with van der Waals surface area (Å²) in [5.41, 5.74) is 0. The van der Waals surface area contributed by atoms with Crippen molar-refractivity contribution in [3.8, 4) is 0 Å². The second-order valence-electron chi connectivity index (χ2n) is 4.36. The van der Waals surface area contributed by atoms with Crippen LogP contribution in [0.5, 0.6) is 0 Å². The zero-order chi connectivity index (χ0) is 10.6. The highest BCUT2D eigenvalue weighted by Crippen LogP contribution is 2.34. The summed E-state index contributed by atoms with van der Waals surface area (Å²) >= 11 is 0. The summed E-state index contributed by atoms with van der Waals surface area (Å²) < 4.78 is 0. The summed E-state index contributed by atoms with van der Waals surface area (Å²) in [5, 5.41) is 3.70. The van der Waals surface area contributed by atoms with Crippen LogP contribution >= 0.6 is 0 Å². The zero-order valence-corrected chi connectivity index (χ0v) is 10.2. The molecule has 2 unspecified atom stereocenters. The van der Waals surface area contributed by atoms with E-state index in [-0.39, 0.29) is 0 Å². The van der Waals surface area contributed by atoms with Gasteiger partial charge in [-0.1, -0.05) is 20.8 Å². The molecule has 0 aromatic carbocycles. The fourth-order valence-electron chi connectivity index (χ4n) is 2.25. The highest BCUT2D eigenvalue weighted by atomic mass is 15.2. The molecule has 0 amide bonds. The number of hydrogen-bond donors (Lipinski definition) is 1. The second kappa shape index (κ2) is 5.72. The Hall–Kier alpha value is -0.0800. The first kappa shape index (κ1) is 12.0. The highest BCUT2D eigenvalue weighted by Gasteiger charge is 2.35. The van der Waals surface area contributed by atoms with Crippen molar-refractivity contribution in [2.45, 2.75) is 52.6 Å². The third-order valence-corrected chi connectivity index (χ3v) is 3.12. The maximum absolute atomic E-state index is 3.70. The van der Waals surface area contributed by atoms with Crippen molar-refractivity contribution >= 4 is 0 Å². The van der Waals surface area contributed by atoms with Crippen LogP contribution < -0.4 is 5.32 Å². The predicted octanol–water partition coefficient (Wildman–Crippen LogP) is 2.10. The molecule has 2 aliphatic rings. The summed E-state index contributed by atoms with van der Waals surface area (Å²) in [6.07, 6.45) is 2.92. The van der Waals surface area contributed by atoms with Crippen LogP contribution in [0.2, 0.25) is 0 Å². The molecule has 0 aromatic heterocycles. The molecule has 1 aliphatic carbocycles. The van der Waals surface area contributed by atoms with Crippen molar-refractivity contribution in [1.82, 2.24) is 10.2 Å². The van der Waals surface area contributed by atoms with Gasteiger partial charge in [0.1, 0.15) is 0 Å². The lowest BCUT2D eigenvalue weighted by atomic mass is 10.1. The van der Waals surface area contributed by atoms with E-state index < -0.39 is 0 Å². The van der Waals surface area contributed by atoms with Gasteiger partial charge in [-0.2, -0.15) is 0 Å². The molecular weight excluding hydrogens is 172 g/mol. The van der Waals surface area contributed by atoms with Crippen LogP contribution in [0.15, 0.2) is 0 Å². The van der Waals surface area contributed by atoms with E-state index in [9.17, 15) is 0 Å². The largest absolute Gasteiger partial charge is 0.309 e. The number of rotatable bonds is 2. The van der Waals surface area contributed by atoms with Crippen LogP contribution in [0.3, 0.4) is 0 Å². The van der Waals surface area contributed by atoms with Crippen LogP contribution in [0.25, 0.3) is 0 Å². The molecule has 1 heterocycles. The van der Waals surface area contributed by atoms with E-state index >= 15 is 0 Å². The number of likely N-dealkylation sites (N-methyl/N-ethyl adjacent to an activating group) is 1. The Morgan fingerprint density at radius 2 is 1.86 bits per heavy atom. The summed E-state index contributed by atoms with van der Waals surface area (Å²) in [4.78, 5) is 2.57. The van der Waals surface area contributed by atoms with Crippen molar-refractivity contribution in [3.63, 3.8) is 0 Å². The average molecular weight is 198 g/mol. The van der Waals surface area contributed by atoms with Gasteiger partial charge in [0.15, 0.2) is 0 Å². The van der Waals surface area contributed by atoms with Crippen molar-refractivity contribution in [2.24, 2.45) is 5.92 Å². The van der Waals surface area contributed by atoms with Crippen LogP contribution in [0.1, 0.15) is 40.5 Å². The minimum absolute atomic E-state index is 0.698. The lowest BCUT2D eigenvalue weighted by molar-refractivity contribution is 0.163. The fourth-order valence-corrected chi connectivity index (χ4v) is 2.25. The lowest BCUT2D eigenvalue weighted by Crippen LogP contribution is -2.56. The molecule has 1 N–H and O–H groups in total. The zero-order valence-electron chi connectivity index (χ0n) is 10.2. The van der Waals surface area contributed by atoms with E-state index in [0.29, 0.717) is 6.04 Å². The van der Waals surface area contributed by atoms with E-state index in [1.54, 1.807) is 0 Å². The summed E-state index contributed by atoms with van der Waals surface area (Å²) in [7, 11) is 0. The number of nitrogens with one attached hydrogen (secondary N) is 1. The number of hydrogen-bond acceptors (Lipinski definition) is 2. The summed E-state index contributed by atoms with van der Waals surface area (Å²) in [6.45, 7) is 12.3. The van der Waals surface area contributed by atoms with Gasteiger partial charge >= 0.3 is 0 Å². The molecule has 2 atom stereocenters.